The molecular weight excluding hydrogens is 372 g/mol. The molecule has 3 heterocycles. The Bertz CT molecular complexity index is 1100. The lowest BCUT2D eigenvalue weighted by molar-refractivity contribution is 0.120. The van der Waals surface area contributed by atoms with Gasteiger partial charge in [-0.1, -0.05) is 30.0 Å². The quantitative estimate of drug-likeness (QED) is 0.524. The molecule has 1 saturated heterocycles. The van der Waals surface area contributed by atoms with Gasteiger partial charge in [-0.15, -0.1) is 0 Å². The number of hydrogen-bond acceptors (Lipinski definition) is 6. The molecule has 2 N–H and O–H groups in total. The molecule has 0 bridgehead atoms. The summed E-state index contributed by atoms with van der Waals surface area (Å²) in [6.07, 6.45) is 0.783. The van der Waals surface area contributed by atoms with Gasteiger partial charge in [-0.3, -0.25) is 4.79 Å². The molecule has 0 saturated carbocycles. The third-order valence-electron chi connectivity index (χ3n) is 5.19. The summed E-state index contributed by atoms with van der Waals surface area (Å²) in [4.78, 5) is 16.8. The first-order chi connectivity index (χ1) is 13.7. The number of nitrogen functional groups attached to an aromatic ring is 1. The fourth-order valence-electron chi connectivity index (χ4n) is 3.72. The van der Waals surface area contributed by atoms with Gasteiger partial charge in [0, 0.05) is 52.7 Å². The van der Waals surface area contributed by atoms with Gasteiger partial charge in [0.15, 0.2) is 11.3 Å². The molecule has 0 amide bonds. The smallest absolute Gasteiger partial charge is 0.200 e. The van der Waals surface area contributed by atoms with E-state index in [2.05, 4.69) is 23.1 Å². The minimum Gasteiger partial charge on any atom is -0.440 e. The Morgan fingerprint density at radius 1 is 1.04 bits per heavy atom. The molecular formula is C22H20N2O3S. The van der Waals surface area contributed by atoms with Crippen molar-refractivity contribution in [2.45, 2.75) is 16.2 Å². The first-order valence-electron chi connectivity index (χ1n) is 9.34. The van der Waals surface area contributed by atoms with Gasteiger partial charge in [0.25, 0.3) is 0 Å². The number of anilines is 2. The molecule has 3 aromatic rings. The Morgan fingerprint density at radius 3 is 2.71 bits per heavy atom. The fourth-order valence-corrected chi connectivity index (χ4v) is 4.95. The summed E-state index contributed by atoms with van der Waals surface area (Å²) in [5, 5.41) is 0. The minimum atomic E-state index is -0.0606. The van der Waals surface area contributed by atoms with Gasteiger partial charge in [0.05, 0.1) is 13.2 Å². The SMILES string of the molecule is Nc1ccc(-c2cc(=O)cc(N3CCOCC3)o2)c2c1Cc1ccccc1S2. The number of benzene rings is 2. The molecule has 2 aromatic carbocycles. The van der Waals surface area contributed by atoms with E-state index in [4.69, 9.17) is 14.9 Å². The van der Waals surface area contributed by atoms with Crippen LogP contribution in [0.15, 0.2) is 67.5 Å². The first kappa shape index (κ1) is 17.4. The largest absolute Gasteiger partial charge is 0.440 e. The molecule has 5 rings (SSSR count). The van der Waals surface area contributed by atoms with Gasteiger partial charge >= 0.3 is 0 Å². The molecule has 2 aliphatic heterocycles. The first-order valence-corrected chi connectivity index (χ1v) is 10.2. The second-order valence-electron chi connectivity index (χ2n) is 6.99. The number of nitrogens with two attached hydrogens (primary N) is 1. The Balaban J connectivity index is 1.61. The van der Waals surface area contributed by atoms with E-state index in [1.807, 2.05) is 18.2 Å². The lowest BCUT2D eigenvalue weighted by Gasteiger charge is -2.27. The maximum absolute atomic E-state index is 12.4. The highest BCUT2D eigenvalue weighted by Crippen LogP contribution is 2.46. The van der Waals surface area contributed by atoms with E-state index in [1.54, 1.807) is 23.9 Å². The second-order valence-corrected chi connectivity index (χ2v) is 8.04. The summed E-state index contributed by atoms with van der Waals surface area (Å²) in [7, 11) is 0. The van der Waals surface area contributed by atoms with Crippen molar-refractivity contribution in [3.05, 3.63) is 69.9 Å². The molecule has 6 heteroatoms. The van der Waals surface area contributed by atoms with Crippen molar-refractivity contribution < 1.29 is 9.15 Å². The van der Waals surface area contributed by atoms with Gasteiger partial charge < -0.3 is 19.8 Å². The van der Waals surface area contributed by atoms with Gasteiger partial charge in [-0.25, -0.2) is 0 Å². The molecule has 5 nitrogen and oxygen atoms in total. The van der Waals surface area contributed by atoms with Crippen molar-refractivity contribution in [3.8, 4) is 11.3 Å². The van der Waals surface area contributed by atoms with Crippen LogP contribution in [0.4, 0.5) is 11.6 Å². The molecule has 142 valence electrons. The predicted octanol–water partition coefficient (Wildman–Crippen LogP) is 3.78. The predicted molar refractivity (Wildman–Crippen MR) is 111 cm³/mol. The zero-order valence-electron chi connectivity index (χ0n) is 15.3. The molecule has 28 heavy (non-hydrogen) atoms. The number of morpholine rings is 1. The molecule has 2 aliphatic rings. The molecule has 0 unspecified atom stereocenters. The summed E-state index contributed by atoms with van der Waals surface area (Å²) < 4.78 is 11.6. The zero-order valence-corrected chi connectivity index (χ0v) is 16.1. The minimum absolute atomic E-state index is 0.0606. The van der Waals surface area contributed by atoms with Crippen LogP contribution in [0.2, 0.25) is 0 Å². The van der Waals surface area contributed by atoms with E-state index >= 15 is 0 Å². The third kappa shape index (κ3) is 3.08. The van der Waals surface area contributed by atoms with Crippen LogP contribution >= 0.6 is 11.8 Å². The van der Waals surface area contributed by atoms with Crippen LogP contribution in [-0.2, 0) is 11.2 Å². The van der Waals surface area contributed by atoms with Crippen molar-refractivity contribution in [1.82, 2.24) is 0 Å². The second kappa shape index (κ2) is 7.04. The summed E-state index contributed by atoms with van der Waals surface area (Å²) in [5.41, 5.74) is 10.3. The maximum Gasteiger partial charge on any atom is 0.200 e. The van der Waals surface area contributed by atoms with Crippen molar-refractivity contribution >= 4 is 23.3 Å². The molecule has 0 aliphatic carbocycles. The lowest BCUT2D eigenvalue weighted by Crippen LogP contribution is -2.36. The summed E-state index contributed by atoms with van der Waals surface area (Å²) in [5.74, 6) is 1.18. The van der Waals surface area contributed by atoms with Gasteiger partial charge in [-0.05, 0) is 29.3 Å². The Hall–Kier alpha value is -2.70. The van der Waals surface area contributed by atoms with Crippen molar-refractivity contribution in [3.63, 3.8) is 0 Å². The van der Waals surface area contributed by atoms with Crippen molar-refractivity contribution in [2.24, 2.45) is 0 Å². The molecule has 0 radical (unpaired) electrons. The van der Waals surface area contributed by atoms with Gasteiger partial charge in [-0.2, -0.15) is 0 Å². The highest BCUT2D eigenvalue weighted by atomic mass is 32.2. The normalized spacial score (nSPS) is 15.8. The van der Waals surface area contributed by atoms with Gasteiger partial charge in [0.1, 0.15) is 5.76 Å². The fraction of sp³-hybridized carbons (Fsp3) is 0.227. The topological polar surface area (TPSA) is 68.7 Å². The highest BCUT2D eigenvalue weighted by Gasteiger charge is 2.23. The molecule has 0 atom stereocenters. The Kier molecular flexibility index (Phi) is 4.37. The maximum atomic E-state index is 12.4. The van der Waals surface area contributed by atoms with Crippen LogP contribution in [0, 0.1) is 0 Å². The van der Waals surface area contributed by atoms with E-state index in [9.17, 15) is 4.79 Å². The van der Waals surface area contributed by atoms with Crippen LogP contribution in [0.3, 0.4) is 0 Å². The summed E-state index contributed by atoms with van der Waals surface area (Å²) in [6, 6.07) is 15.3. The van der Waals surface area contributed by atoms with Crippen LogP contribution in [-0.4, -0.2) is 26.3 Å². The summed E-state index contributed by atoms with van der Waals surface area (Å²) >= 11 is 1.69. The summed E-state index contributed by atoms with van der Waals surface area (Å²) in [6.45, 7) is 2.71. The zero-order chi connectivity index (χ0) is 19.1. The van der Waals surface area contributed by atoms with Crippen molar-refractivity contribution in [2.75, 3.05) is 36.9 Å². The number of fused-ring (bicyclic) bond motifs is 2. The highest BCUT2D eigenvalue weighted by molar-refractivity contribution is 7.99. The number of nitrogens with zero attached hydrogens (tertiary/aromatic N) is 1. The van der Waals surface area contributed by atoms with Gasteiger partial charge in [0.2, 0.25) is 0 Å². The van der Waals surface area contributed by atoms with Crippen LogP contribution in [0.1, 0.15) is 11.1 Å². The average molecular weight is 392 g/mol. The number of rotatable bonds is 2. The molecule has 0 spiro atoms. The van der Waals surface area contributed by atoms with Crippen LogP contribution in [0.5, 0.6) is 0 Å². The van der Waals surface area contributed by atoms with Crippen LogP contribution < -0.4 is 16.1 Å². The Labute approximate surface area is 167 Å². The van der Waals surface area contributed by atoms with E-state index in [0.717, 1.165) is 28.1 Å². The lowest BCUT2D eigenvalue weighted by atomic mass is 9.99. The van der Waals surface area contributed by atoms with Crippen LogP contribution in [0.25, 0.3) is 11.3 Å². The average Bonchev–Trinajstić information content (AvgIpc) is 2.73. The monoisotopic (exact) mass is 392 g/mol. The number of ether oxygens (including phenoxy) is 1. The molecule has 1 aromatic heterocycles. The van der Waals surface area contributed by atoms with E-state index < -0.39 is 0 Å². The van der Waals surface area contributed by atoms with E-state index in [1.165, 1.54) is 10.5 Å². The molecule has 1 fully saturated rings. The van der Waals surface area contributed by atoms with E-state index in [-0.39, 0.29) is 5.43 Å². The Morgan fingerprint density at radius 2 is 1.86 bits per heavy atom. The number of hydrogen-bond donors (Lipinski definition) is 1. The standard InChI is InChI=1S/C22H20N2O3S/c23-18-6-5-16(22-17(18)11-14-3-1-2-4-20(14)28-22)19-12-15(25)13-21(27-19)24-7-9-26-10-8-24/h1-6,12-13H,7-11,23H2. The van der Waals surface area contributed by atoms with E-state index in [0.29, 0.717) is 37.9 Å². The third-order valence-corrected chi connectivity index (χ3v) is 6.48. The van der Waals surface area contributed by atoms with Crippen molar-refractivity contribution in [1.29, 1.82) is 0 Å².